The molecule has 0 aliphatic rings. The van der Waals surface area contributed by atoms with E-state index in [4.69, 9.17) is 37.0 Å². The minimum atomic E-state index is -4.95. The standard InChI is InChI=1S/C71H138O17P2/c1-9-63(7)49-41-33-25-20-21-27-38-46-54-71(76)88-67(58-82-69(74)52-44-36-30-29-34-42-50-64(8)10-2)60-86-90(79,80)84-56-65(72)55-83-89(77,78)85-59-66(57-81-68(73)51-43-35-28-22-24-32-40-48-62(5)6)87-70(75)53-45-37-26-19-17-15-13-11-12-14-16-18-23-31-39-47-61(3)4/h61-67,72H,9-60H2,1-8H3,(H,77,78)(H,79,80)/t63?,64?,65?,66-,67-/m1/s1. The Bertz CT molecular complexity index is 1790. The van der Waals surface area contributed by atoms with Crippen LogP contribution in [0, 0.1) is 23.7 Å². The van der Waals surface area contributed by atoms with Gasteiger partial charge in [0.25, 0.3) is 0 Å². The molecule has 0 heterocycles. The monoisotopic (exact) mass is 1320 g/mol. The molecule has 0 amide bonds. The van der Waals surface area contributed by atoms with Gasteiger partial charge in [-0.2, -0.15) is 0 Å². The van der Waals surface area contributed by atoms with E-state index in [-0.39, 0.29) is 25.7 Å². The molecule has 3 N–H and O–H groups in total. The smallest absolute Gasteiger partial charge is 0.462 e. The van der Waals surface area contributed by atoms with E-state index in [2.05, 4.69) is 55.4 Å². The first kappa shape index (κ1) is 88.1. The summed E-state index contributed by atoms with van der Waals surface area (Å²) < 4.78 is 68.3. The van der Waals surface area contributed by atoms with Crippen LogP contribution in [-0.2, 0) is 65.4 Å². The van der Waals surface area contributed by atoms with Crippen molar-refractivity contribution in [3.8, 4) is 0 Å². The van der Waals surface area contributed by atoms with Gasteiger partial charge in [0, 0.05) is 25.7 Å². The van der Waals surface area contributed by atoms with Gasteiger partial charge in [-0.1, -0.05) is 299 Å². The van der Waals surface area contributed by atoms with Gasteiger partial charge in [-0.3, -0.25) is 37.3 Å². The molecule has 0 saturated heterocycles. The van der Waals surface area contributed by atoms with Gasteiger partial charge >= 0.3 is 39.5 Å². The van der Waals surface area contributed by atoms with Crippen molar-refractivity contribution in [1.29, 1.82) is 0 Å². The summed E-state index contributed by atoms with van der Waals surface area (Å²) in [5, 5.41) is 10.6. The molecule has 0 saturated carbocycles. The van der Waals surface area contributed by atoms with E-state index in [1.807, 2.05) is 0 Å². The number of hydrogen-bond acceptors (Lipinski definition) is 15. The topological polar surface area (TPSA) is 237 Å². The predicted octanol–water partition coefficient (Wildman–Crippen LogP) is 20.1. The van der Waals surface area contributed by atoms with Crippen molar-refractivity contribution in [3.63, 3.8) is 0 Å². The molecule has 0 bridgehead atoms. The number of aliphatic hydroxyl groups is 1. The second-order valence-electron chi connectivity index (χ2n) is 27.1. The van der Waals surface area contributed by atoms with Crippen LogP contribution in [0.4, 0.5) is 0 Å². The Kier molecular flexibility index (Phi) is 59.4. The summed E-state index contributed by atoms with van der Waals surface area (Å²) in [6, 6.07) is 0. The Morgan fingerprint density at radius 3 is 0.789 bits per heavy atom. The Morgan fingerprint density at radius 1 is 0.311 bits per heavy atom. The lowest BCUT2D eigenvalue weighted by Crippen LogP contribution is -2.30. The maximum Gasteiger partial charge on any atom is 0.472 e. The molecule has 7 atom stereocenters. The minimum Gasteiger partial charge on any atom is -0.462 e. The van der Waals surface area contributed by atoms with Crippen LogP contribution in [0.5, 0.6) is 0 Å². The molecule has 19 heteroatoms. The van der Waals surface area contributed by atoms with Gasteiger partial charge in [-0.15, -0.1) is 0 Å². The molecule has 90 heavy (non-hydrogen) atoms. The molecule has 0 radical (unpaired) electrons. The van der Waals surface area contributed by atoms with Crippen molar-refractivity contribution in [2.75, 3.05) is 39.6 Å². The molecule has 0 rings (SSSR count). The Hall–Kier alpha value is -1.94. The van der Waals surface area contributed by atoms with Crippen LogP contribution in [0.3, 0.4) is 0 Å². The highest BCUT2D eigenvalue weighted by Crippen LogP contribution is 2.45. The number of carbonyl (C=O) groups is 4. The van der Waals surface area contributed by atoms with Crippen molar-refractivity contribution < 1.29 is 80.2 Å². The third-order valence-corrected chi connectivity index (χ3v) is 18.9. The molecule has 0 aromatic heterocycles. The van der Waals surface area contributed by atoms with Crippen LogP contribution in [0.1, 0.15) is 351 Å². The van der Waals surface area contributed by atoms with Crippen molar-refractivity contribution in [3.05, 3.63) is 0 Å². The van der Waals surface area contributed by atoms with E-state index in [0.29, 0.717) is 31.6 Å². The van der Waals surface area contributed by atoms with Crippen LogP contribution < -0.4 is 0 Å². The first-order valence-electron chi connectivity index (χ1n) is 36.8. The van der Waals surface area contributed by atoms with Crippen molar-refractivity contribution in [2.45, 2.75) is 369 Å². The predicted molar refractivity (Wildman–Crippen MR) is 363 cm³/mol. The third kappa shape index (κ3) is 62.2. The third-order valence-electron chi connectivity index (χ3n) is 17.0. The van der Waals surface area contributed by atoms with Gasteiger partial charge in [0.1, 0.15) is 19.3 Å². The number of phosphoric ester groups is 2. The maximum atomic E-state index is 13.0. The zero-order valence-electron chi connectivity index (χ0n) is 58.8. The summed E-state index contributed by atoms with van der Waals surface area (Å²) in [5.41, 5.74) is 0. The van der Waals surface area contributed by atoms with E-state index in [9.17, 15) is 43.2 Å². The van der Waals surface area contributed by atoms with Crippen LogP contribution in [0.25, 0.3) is 0 Å². The number of aliphatic hydroxyl groups excluding tert-OH is 1. The molecule has 534 valence electrons. The summed E-state index contributed by atoms with van der Waals surface area (Å²) in [4.78, 5) is 72.5. The molecule has 0 aliphatic heterocycles. The lowest BCUT2D eigenvalue weighted by Gasteiger charge is -2.21. The van der Waals surface area contributed by atoms with E-state index < -0.39 is 97.5 Å². The number of ether oxygens (including phenoxy) is 4. The highest BCUT2D eigenvalue weighted by atomic mass is 31.2. The number of phosphoric acid groups is 2. The summed E-state index contributed by atoms with van der Waals surface area (Å²) in [6.45, 7) is 14.1. The second-order valence-corrected chi connectivity index (χ2v) is 30.0. The summed E-state index contributed by atoms with van der Waals surface area (Å²) in [5.74, 6) is 0.877. The van der Waals surface area contributed by atoms with E-state index >= 15 is 0 Å². The lowest BCUT2D eigenvalue weighted by molar-refractivity contribution is -0.161. The highest BCUT2D eigenvalue weighted by Gasteiger charge is 2.30. The van der Waals surface area contributed by atoms with Gasteiger partial charge in [-0.25, -0.2) is 9.13 Å². The van der Waals surface area contributed by atoms with Crippen molar-refractivity contribution in [2.24, 2.45) is 23.7 Å². The molecule has 0 fully saturated rings. The summed E-state index contributed by atoms with van der Waals surface area (Å²) in [6.07, 6.45) is 43.2. The van der Waals surface area contributed by atoms with E-state index in [0.717, 1.165) is 120 Å². The van der Waals surface area contributed by atoms with Gasteiger partial charge < -0.3 is 33.8 Å². The lowest BCUT2D eigenvalue weighted by atomic mass is 9.99. The summed E-state index contributed by atoms with van der Waals surface area (Å²) >= 11 is 0. The first-order chi connectivity index (χ1) is 43.2. The zero-order chi connectivity index (χ0) is 66.8. The molecule has 0 aliphatic carbocycles. The number of unbranched alkanes of at least 4 members (excludes halogenated alkanes) is 32. The van der Waals surface area contributed by atoms with Crippen LogP contribution >= 0.6 is 15.6 Å². The van der Waals surface area contributed by atoms with Crippen LogP contribution in [-0.4, -0.2) is 96.7 Å². The fourth-order valence-electron chi connectivity index (χ4n) is 10.6. The quantitative estimate of drug-likeness (QED) is 0.0222. The molecule has 0 aromatic carbocycles. The summed E-state index contributed by atoms with van der Waals surface area (Å²) in [7, 11) is -9.90. The largest absolute Gasteiger partial charge is 0.472 e. The normalized spacial score (nSPS) is 14.9. The van der Waals surface area contributed by atoms with Crippen molar-refractivity contribution in [1.82, 2.24) is 0 Å². The van der Waals surface area contributed by atoms with Gasteiger partial charge in [0.05, 0.1) is 26.4 Å². The molecule has 5 unspecified atom stereocenters. The number of hydrogen-bond donors (Lipinski definition) is 3. The van der Waals surface area contributed by atoms with Crippen LogP contribution in [0.2, 0.25) is 0 Å². The molecule has 0 spiro atoms. The fraction of sp³-hybridized carbons (Fsp3) is 0.944. The number of carbonyl (C=O) groups excluding carboxylic acids is 4. The Labute approximate surface area is 549 Å². The van der Waals surface area contributed by atoms with Gasteiger partial charge in [0.2, 0.25) is 0 Å². The highest BCUT2D eigenvalue weighted by molar-refractivity contribution is 7.47. The minimum absolute atomic E-state index is 0.104. The fourth-order valence-corrected chi connectivity index (χ4v) is 12.2. The average Bonchev–Trinajstić information content (AvgIpc) is 3.69. The molecule has 17 nitrogen and oxygen atoms in total. The van der Waals surface area contributed by atoms with E-state index in [1.54, 1.807) is 0 Å². The molecular weight excluding hydrogens is 1190 g/mol. The Balaban J connectivity index is 5.23. The number of rotatable bonds is 68. The van der Waals surface area contributed by atoms with Gasteiger partial charge in [-0.05, 0) is 49.4 Å². The maximum absolute atomic E-state index is 13.0. The van der Waals surface area contributed by atoms with E-state index in [1.165, 1.54) is 141 Å². The molecule has 0 aromatic rings. The SMILES string of the molecule is CCC(C)CCCCCCCCCCC(=O)O[C@H](COC(=O)CCCCCCCCC(C)CC)COP(=O)(O)OCC(O)COP(=O)(O)OC[C@@H](COC(=O)CCCCCCCCCC(C)C)OC(=O)CCCCCCCCCCCCCCCCCC(C)C. The van der Waals surface area contributed by atoms with Gasteiger partial charge in [0.15, 0.2) is 12.2 Å². The second kappa shape index (κ2) is 60.7. The van der Waals surface area contributed by atoms with Crippen molar-refractivity contribution >= 4 is 39.5 Å². The number of esters is 4. The average molecular weight is 1330 g/mol. The Morgan fingerprint density at radius 2 is 0.533 bits per heavy atom. The first-order valence-corrected chi connectivity index (χ1v) is 39.8. The molecular formula is C71H138O17P2. The zero-order valence-corrected chi connectivity index (χ0v) is 60.6. The van der Waals surface area contributed by atoms with Crippen LogP contribution in [0.15, 0.2) is 0 Å².